The Morgan fingerprint density at radius 1 is 0.732 bits per heavy atom. The Bertz CT molecular complexity index is 1330. The van der Waals surface area contributed by atoms with Crippen molar-refractivity contribution < 1.29 is 28.6 Å². The van der Waals surface area contributed by atoms with E-state index in [1.54, 1.807) is 29.3 Å². The number of ether oxygens (including phenoxy) is 3. The Hall–Kier alpha value is -4.04. The van der Waals surface area contributed by atoms with Crippen molar-refractivity contribution in [2.24, 2.45) is 5.92 Å². The third-order valence-corrected chi connectivity index (χ3v) is 7.35. The smallest absolute Gasteiger partial charge is 0.266 e. The first-order chi connectivity index (χ1) is 20.1. The molecular weight excluding hydrogens is 520 g/mol. The molecule has 216 valence electrons. The molecule has 0 spiro atoms. The van der Waals surface area contributed by atoms with Crippen LogP contribution < -0.4 is 24.2 Å². The third-order valence-electron chi connectivity index (χ3n) is 7.35. The SMILES string of the molecule is CCCCOc1ccc(N2C(=O)[C@H]3[C@@H](ON(c4ccccc4)[C@H]3c3ccc(OCCCC)c(OCC)c3)C2=O)cc1. The maximum Gasteiger partial charge on any atom is 0.266 e. The Morgan fingerprint density at radius 3 is 2.12 bits per heavy atom. The van der Waals surface area contributed by atoms with E-state index in [4.69, 9.17) is 19.0 Å². The standard InChI is InChI=1S/C33H38N2O6/c1-4-7-20-39-26-17-15-24(16-18-26)34-32(36)29-30(35(41-31(29)33(34)37)25-12-10-9-11-13-25)23-14-19-27(40-21-8-5-2)28(22-23)38-6-3/h9-19,22,29-31H,4-8,20-21H2,1-3H3/t29-,30+,31-/m1/s1. The molecule has 3 atom stereocenters. The highest BCUT2D eigenvalue weighted by atomic mass is 16.7. The Labute approximate surface area is 241 Å². The summed E-state index contributed by atoms with van der Waals surface area (Å²) in [4.78, 5) is 35.3. The van der Waals surface area contributed by atoms with E-state index in [2.05, 4.69) is 13.8 Å². The number of fused-ring (bicyclic) bond motifs is 1. The first-order valence-electron chi connectivity index (χ1n) is 14.6. The molecule has 0 saturated carbocycles. The van der Waals surface area contributed by atoms with E-state index in [1.807, 2.05) is 55.5 Å². The van der Waals surface area contributed by atoms with E-state index in [0.29, 0.717) is 42.8 Å². The second-order valence-electron chi connectivity index (χ2n) is 10.2. The lowest BCUT2D eigenvalue weighted by Crippen LogP contribution is -2.37. The number of benzene rings is 3. The summed E-state index contributed by atoms with van der Waals surface area (Å²) in [5, 5.41) is 1.69. The van der Waals surface area contributed by atoms with Crippen molar-refractivity contribution >= 4 is 23.2 Å². The minimum atomic E-state index is -0.954. The summed E-state index contributed by atoms with van der Waals surface area (Å²) in [6, 6.07) is 21.8. The molecular formula is C33H38N2O6. The van der Waals surface area contributed by atoms with Gasteiger partial charge >= 0.3 is 0 Å². The average molecular weight is 559 g/mol. The Kier molecular flexibility index (Phi) is 9.09. The lowest BCUT2D eigenvalue weighted by Gasteiger charge is -2.29. The number of nitrogens with zero attached hydrogens (tertiary/aromatic N) is 2. The molecule has 0 aromatic heterocycles. The molecule has 8 heteroatoms. The van der Waals surface area contributed by atoms with Gasteiger partial charge in [-0.1, -0.05) is 51.0 Å². The van der Waals surface area contributed by atoms with Crippen LogP contribution in [0.2, 0.25) is 0 Å². The second kappa shape index (κ2) is 13.1. The lowest BCUT2D eigenvalue weighted by atomic mass is 9.90. The number of amides is 2. The number of hydrogen-bond donors (Lipinski definition) is 0. The van der Waals surface area contributed by atoms with Crippen LogP contribution in [0.3, 0.4) is 0 Å². The predicted molar refractivity (Wildman–Crippen MR) is 157 cm³/mol. The summed E-state index contributed by atoms with van der Waals surface area (Å²) < 4.78 is 17.7. The van der Waals surface area contributed by atoms with E-state index >= 15 is 0 Å². The number of imide groups is 1. The van der Waals surface area contributed by atoms with Gasteiger partial charge in [0.05, 0.1) is 37.2 Å². The fourth-order valence-corrected chi connectivity index (χ4v) is 5.26. The van der Waals surface area contributed by atoms with Crippen LogP contribution in [0.5, 0.6) is 17.2 Å². The molecule has 0 unspecified atom stereocenters. The van der Waals surface area contributed by atoms with Crippen LogP contribution in [-0.4, -0.2) is 37.7 Å². The van der Waals surface area contributed by atoms with Gasteiger partial charge in [-0.2, -0.15) is 0 Å². The van der Waals surface area contributed by atoms with E-state index in [-0.39, 0.29) is 11.8 Å². The molecule has 8 nitrogen and oxygen atoms in total. The van der Waals surface area contributed by atoms with Crippen molar-refractivity contribution in [3.8, 4) is 17.2 Å². The summed E-state index contributed by atoms with van der Waals surface area (Å²) in [6.45, 7) is 7.82. The number of carbonyl (C=O) groups excluding carboxylic acids is 2. The van der Waals surface area contributed by atoms with Crippen molar-refractivity contribution in [3.05, 3.63) is 78.4 Å². The van der Waals surface area contributed by atoms with Gasteiger partial charge in [0.25, 0.3) is 5.91 Å². The molecule has 41 heavy (non-hydrogen) atoms. The molecule has 0 N–H and O–H groups in total. The molecule has 2 amide bonds. The van der Waals surface area contributed by atoms with Gasteiger partial charge in [0.1, 0.15) is 11.7 Å². The molecule has 2 aliphatic rings. The number of rotatable bonds is 13. The van der Waals surface area contributed by atoms with Gasteiger partial charge < -0.3 is 14.2 Å². The first-order valence-corrected chi connectivity index (χ1v) is 14.6. The van der Waals surface area contributed by atoms with E-state index in [0.717, 1.165) is 36.9 Å². The van der Waals surface area contributed by atoms with Crippen LogP contribution in [0.25, 0.3) is 0 Å². The predicted octanol–water partition coefficient (Wildman–Crippen LogP) is 6.49. The number of para-hydroxylation sites is 1. The van der Waals surface area contributed by atoms with Crippen LogP contribution in [0.15, 0.2) is 72.8 Å². The first kappa shape index (κ1) is 28.5. The molecule has 0 bridgehead atoms. The summed E-state index contributed by atoms with van der Waals surface area (Å²) in [5.74, 6) is 0.532. The third kappa shape index (κ3) is 5.88. The summed E-state index contributed by atoms with van der Waals surface area (Å²) in [5.41, 5.74) is 2.06. The summed E-state index contributed by atoms with van der Waals surface area (Å²) >= 11 is 0. The lowest BCUT2D eigenvalue weighted by molar-refractivity contribution is -0.126. The van der Waals surface area contributed by atoms with Gasteiger partial charge in [-0.05, 0) is 73.9 Å². The zero-order valence-corrected chi connectivity index (χ0v) is 24.0. The van der Waals surface area contributed by atoms with Crippen LogP contribution in [0.1, 0.15) is 58.1 Å². The van der Waals surface area contributed by atoms with Crippen molar-refractivity contribution in [2.45, 2.75) is 58.6 Å². The number of anilines is 2. The highest BCUT2D eigenvalue weighted by Gasteiger charge is 2.60. The Morgan fingerprint density at radius 2 is 1.44 bits per heavy atom. The highest BCUT2D eigenvalue weighted by molar-refractivity contribution is 6.23. The van der Waals surface area contributed by atoms with Crippen LogP contribution in [-0.2, 0) is 14.4 Å². The van der Waals surface area contributed by atoms with Gasteiger partial charge in [-0.15, -0.1) is 0 Å². The quantitative estimate of drug-likeness (QED) is 0.175. The van der Waals surface area contributed by atoms with Gasteiger partial charge in [-0.25, -0.2) is 9.96 Å². The molecule has 0 aliphatic carbocycles. The fraction of sp³-hybridized carbons (Fsp3) is 0.394. The van der Waals surface area contributed by atoms with Crippen LogP contribution in [0.4, 0.5) is 11.4 Å². The van der Waals surface area contributed by atoms with Crippen molar-refractivity contribution in [1.29, 1.82) is 0 Å². The van der Waals surface area contributed by atoms with Crippen LogP contribution >= 0.6 is 0 Å². The molecule has 2 aliphatic heterocycles. The Balaban J connectivity index is 1.47. The summed E-state index contributed by atoms with van der Waals surface area (Å²) in [6.07, 6.45) is 3.01. The normalized spacial score (nSPS) is 19.9. The van der Waals surface area contributed by atoms with Gasteiger partial charge in [0.2, 0.25) is 5.91 Å². The average Bonchev–Trinajstić information content (AvgIpc) is 3.50. The second-order valence-corrected chi connectivity index (χ2v) is 10.2. The van der Waals surface area contributed by atoms with Crippen LogP contribution in [0, 0.1) is 5.92 Å². The van der Waals surface area contributed by atoms with Crippen molar-refractivity contribution in [2.75, 3.05) is 29.8 Å². The number of carbonyl (C=O) groups is 2. The molecule has 2 saturated heterocycles. The van der Waals surface area contributed by atoms with Crippen molar-refractivity contribution in [3.63, 3.8) is 0 Å². The molecule has 0 radical (unpaired) electrons. The van der Waals surface area contributed by atoms with E-state index in [1.165, 1.54) is 4.90 Å². The molecule has 2 fully saturated rings. The van der Waals surface area contributed by atoms with Gasteiger partial charge in [0.15, 0.2) is 17.6 Å². The minimum Gasteiger partial charge on any atom is -0.494 e. The summed E-state index contributed by atoms with van der Waals surface area (Å²) in [7, 11) is 0. The molecule has 5 rings (SSSR count). The monoisotopic (exact) mass is 558 g/mol. The zero-order valence-electron chi connectivity index (χ0n) is 24.0. The molecule has 2 heterocycles. The maximum atomic E-state index is 14.0. The largest absolute Gasteiger partial charge is 0.494 e. The molecule has 3 aromatic carbocycles. The van der Waals surface area contributed by atoms with Gasteiger partial charge in [0, 0.05) is 0 Å². The van der Waals surface area contributed by atoms with E-state index < -0.39 is 18.1 Å². The van der Waals surface area contributed by atoms with Crippen molar-refractivity contribution in [1.82, 2.24) is 0 Å². The number of hydroxylamine groups is 1. The topological polar surface area (TPSA) is 77.5 Å². The molecule has 3 aromatic rings. The maximum absolute atomic E-state index is 14.0. The highest BCUT2D eigenvalue weighted by Crippen LogP contribution is 2.48. The number of hydrogen-bond acceptors (Lipinski definition) is 7. The zero-order chi connectivity index (χ0) is 28.8. The number of unbranched alkanes of at least 4 members (excludes halogenated alkanes) is 2. The van der Waals surface area contributed by atoms with Gasteiger partial charge in [-0.3, -0.25) is 14.4 Å². The fourth-order valence-electron chi connectivity index (χ4n) is 5.26. The minimum absolute atomic E-state index is 0.302. The van der Waals surface area contributed by atoms with E-state index in [9.17, 15) is 9.59 Å².